The smallest absolute Gasteiger partial charge is 0.271 e. The molecule has 0 bridgehead atoms. The van der Waals surface area contributed by atoms with E-state index in [0.717, 1.165) is 11.1 Å². The quantitative estimate of drug-likeness (QED) is 0.168. The predicted octanol–water partition coefficient (Wildman–Crippen LogP) is 6.08. The van der Waals surface area contributed by atoms with E-state index in [0.29, 0.717) is 23.7 Å². The second kappa shape index (κ2) is 11.7. The SMILES string of the molecule is CCOc1cc(/C=C(\C#N)C(=O)Nc2cccc([N+](=O)[O-])c2)cc(Cl)c1OCc1cccc(C)c1. The molecule has 1 N–H and O–H groups in total. The maximum absolute atomic E-state index is 12.6. The molecule has 0 fully saturated rings. The van der Waals surface area contributed by atoms with Gasteiger partial charge in [-0.1, -0.05) is 47.5 Å². The average Bonchev–Trinajstić information content (AvgIpc) is 2.82. The lowest BCUT2D eigenvalue weighted by Gasteiger charge is -2.15. The summed E-state index contributed by atoms with van der Waals surface area (Å²) in [7, 11) is 0. The summed E-state index contributed by atoms with van der Waals surface area (Å²) in [6.45, 7) is 4.44. The number of ether oxygens (including phenoxy) is 2. The first-order chi connectivity index (χ1) is 16.8. The van der Waals surface area contributed by atoms with Crippen molar-refractivity contribution in [1.29, 1.82) is 5.26 Å². The summed E-state index contributed by atoms with van der Waals surface area (Å²) in [5.74, 6) is 0.00358. The Morgan fingerprint density at radius 2 is 1.94 bits per heavy atom. The number of anilines is 1. The molecule has 0 aliphatic carbocycles. The molecule has 3 rings (SSSR count). The van der Waals surface area contributed by atoms with Crippen LogP contribution < -0.4 is 14.8 Å². The van der Waals surface area contributed by atoms with Gasteiger partial charge in [-0.05, 0) is 49.2 Å². The molecule has 0 saturated carbocycles. The van der Waals surface area contributed by atoms with Gasteiger partial charge >= 0.3 is 0 Å². The number of carbonyl (C=O) groups is 1. The molecule has 0 heterocycles. The van der Waals surface area contributed by atoms with E-state index in [1.807, 2.05) is 44.2 Å². The van der Waals surface area contributed by atoms with Crippen molar-refractivity contribution < 1.29 is 19.2 Å². The zero-order valence-corrected chi connectivity index (χ0v) is 19.8. The molecule has 0 radical (unpaired) electrons. The van der Waals surface area contributed by atoms with Gasteiger partial charge in [0.05, 0.1) is 16.6 Å². The minimum Gasteiger partial charge on any atom is -0.490 e. The fourth-order valence-corrected chi connectivity index (χ4v) is 3.52. The molecular formula is C26H22ClN3O5. The Balaban J connectivity index is 1.85. The van der Waals surface area contributed by atoms with Crippen molar-refractivity contribution in [2.45, 2.75) is 20.5 Å². The molecule has 3 aromatic carbocycles. The molecule has 178 valence electrons. The largest absolute Gasteiger partial charge is 0.490 e. The lowest BCUT2D eigenvalue weighted by Crippen LogP contribution is -2.13. The number of aryl methyl sites for hydroxylation is 1. The number of carbonyl (C=O) groups excluding carboxylic acids is 1. The Kier molecular flexibility index (Phi) is 8.43. The maximum atomic E-state index is 12.6. The highest BCUT2D eigenvalue weighted by Gasteiger charge is 2.16. The van der Waals surface area contributed by atoms with Gasteiger partial charge in [0.1, 0.15) is 18.2 Å². The van der Waals surface area contributed by atoms with Crippen molar-refractivity contribution in [1.82, 2.24) is 0 Å². The zero-order valence-electron chi connectivity index (χ0n) is 19.1. The fraction of sp³-hybridized carbons (Fsp3) is 0.154. The monoisotopic (exact) mass is 491 g/mol. The van der Waals surface area contributed by atoms with Gasteiger partial charge in [-0.25, -0.2) is 0 Å². The third kappa shape index (κ3) is 6.82. The number of non-ortho nitro benzene ring substituents is 1. The molecule has 0 saturated heterocycles. The summed E-state index contributed by atoms with van der Waals surface area (Å²) < 4.78 is 11.6. The van der Waals surface area contributed by atoms with Crippen molar-refractivity contribution in [2.75, 3.05) is 11.9 Å². The van der Waals surface area contributed by atoms with E-state index in [-0.39, 0.29) is 28.6 Å². The van der Waals surface area contributed by atoms with Crippen LogP contribution in [0.1, 0.15) is 23.6 Å². The number of nitrogens with one attached hydrogen (secondary N) is 1. The topological polar surface area (TPSA) is 114 Å². The number of nitrogens with zero attached hydrogens (tertiary/aromatic N) is 2. The van der Waals surface area contributed by atoms with Crippen molar-refractivity contribution in [3.63, 3.8) is 0 Å². The van der Waals surface area contributed by atoms with Crippen LogP contribution in [0.2, 0.25) is 5.02 Å². The fourth-order valence-electron chi connectivity index (χ4n) is 3.24. The number of amides is 1. The van der Waals surface area contributed by atoms with Crippen molar-refractivity contribution >= 4 is 35.0 Å². The molecule has 3 aromatic rings. The number of hydrogen-bond acceptors (Lipinski definition) is 6. The minimum atomic E-state index is -0.721. The summed E-state index contributed by atoms with van der Waals surface area (Å²) in [6.07, 6.45) is 1.35. The number of hydrogen-bond donors (Lipinski definition) is 1. The van der Waals surface area contributed by atoms with E-state index in [2.05, 4.69) is 5.32 Å². The maximum Gasteiger partial charge on any atom is 0.271 e. The molecule has 35 heavy (non-hydrogen) atoms. The van der Waals surface area contributed by atoms with Crippen LogP contribution in [0, 0.1) is 28.4 Å². The summed E-state index contributed by atoms with van der Waals surface area (Å²) >= 11 is 6.47. The third-order valence-electron chi connectivity index (χ3n) is 4.79. The number of nitro groups is 1. The summed E-state index contributed by atoms with van der Waals surface area (Å²) in [6, 6.07) is 18.3. The van der Waals surface area contributed by atoms with Gasteiger partial charge in [0, 0.05) is 17.8 Å². The van der Waals surface area contributed by atoms with E-state index >= 15 is 0 Å². The lowest BCUT2D eigenvalue weighted by atomic mass is 10.1. The van der Waals surface area contributed by atoms with E-state index in [1.54, 1.807) is 12.1 Å². The Hall–Kier alpha value is -4.35. The van der Waals surface area contributed by atoms with E-state index in [4.69, 9.17) is 21.1 Å². The molecule has 0 spiro atoms. The van der Waals surface area contributed by atoms with Crippen molar-refractivity contribution in [3.05, 3.63) is 98.1 Å². The van der Waals surface area contributed by atoms with Gasteiger partial charge in [0.15, 0.2) is 11.5 Å². The molecule has 0 aliphatic rings. The molecule has 0 aliphatic heterocycles. The van der Waals surface area contributed by atoms with E-state index in [9.17, 15) is 20.2 Å². The first kappa shape index (κ1) is 25.3. The van der Waals surface area contributed by atoms with E-state index < -0.39 is 10.8 Å². The zero-order chi connectivity index (χ0) is 25.4. The highest BCUT2D eigenvalue weighted by atomic mass is 35.5. The van der Waals surface area contributed by atoms with Crippen LogP contribution in [0.4, 0.5) is 11.4 Å². The molecule has 0 aromatic heterocycles. The second-order valence-electron chi connectivity index (χ2n) is 7.47. The first-order valence-corrected chi connectivity index (χ1v) is 11.0. The number of nitro benzene ring substituents is 1. The van der Waals surface area contributed by atoms with Gasteiger partial charge in [-0.3, -0.25) is 14.9 Å². The van der Waals surface area contributed by atoms with Crippen LogP contribution in [-0.2, 0) is 11.4 Å². The highest BCUT2D eigenvalue weighted by Crippen LogP contribution is 2.38. The first-order valence-electron chi connectivity index (χ1n) is 10.6. The Bertz CT molecular complexity index is 1330. The van der Waals surface area contributed by atoms with Crippen molar-refractivity contribution in [2.24, 2.45) is 0 Å². The average molecular weight is 492 g/mol. The highest BCUT2D eigenvalue weighted by molar-refractivity contribution is 6.32. The van der Waals surface area contributed by atoms with Crippen LogP contribution in [0.25, 0.3) is 6.08 Å². The summed E-state index contributed by atoms with van der Waals surface area (Å²) in [5, 5.41) is 23.2. The molecule has 1 amide bonds. The number of benzene rings is 3. The second-order valence-corrected chi connectivity index (χ2v) is 7.88. The van der Waals surface area contributed by atoms with Gasteiger partial charge in [0.2, 0.25) is 0 Å². The van der Waals surface area contributed by atoms with Crippen LogP contribution in [0.5, 0.6) is 11.5 Å². The molecule has 8 nitrogen and oxygen atoms in total. The van der Waals surface area contributed by atoms with Gasteiger partial charge < -0.3 is 14.8 Å². The van der Waals surface area contributed by atoms with Gasteiger partial charge in [-0.15, -0.1) is 0 Å². The van der Waals surface area contributed by atoms with Crippen LogP contribution in [0.3, 0.4) is 0 Å². The number of nitriles is 1. The number of halogens is 1. The minimum absolute atomic E-state index is 0.181. The Labute approximate surface area is 207 Å². The third-order valence-corrected chi connectivity index (χ3v) is 5.07. The normalized spacial score (nSPS) is 10.9. The van der Waals surface area contributed by atoms with Crippen LogP contribution >= 0.6 is 11.6 Å². The predicted molar refractivity (Wildman–Crippen MR) is 133 cm³/mol. The van der Waals surface area contributed by atoms with Gasteiger partial charge in [-0.2, -0.15) is 5.26 Å². The summed E-state index contributed by atoms with van der Waals surface area (Å²) in [4.78, 5) is 23.0. The Morgan fingerprint density at radius 3 is 2.63 bits per heavy atom. The van der Waals surface area contributed by atoms with Crippen LogP contribution in [-0.4, -0.2) is 17.4 Å². The molecule has 9 heteroatoms. The molecule has 0 atom stereocenters. The standard InChI is InChI=1S/C26H22ClN3O5/c1-3-34-24-13-19(12-23(27)25(24)35-16-18-7-4-6-17(2)10-18)11-20(15-28)26(31)29-21-8-5-9-22(14-21)30(32)33/h4-14H,3,16H2,1-2H3,(H,29,31)/b20-11+. The van der Waals surface area contributed by atoms with Crippen molar-refractivity contribution in [3.8, 4) is 17.6 Å². The number of rotatable bonds is 9. The molecular weight excluding hydrogens is 470 g/mol. The van der Waals surface area contributed by atoms with E-state index in [1.165, 1.54) is 30.3 Å². The lowest BCUT2D eigenvalue weighted by molar-refractivity contribution is -0.384. The van der Waals surface area contributed by atoms with Crippen LogP contribution in [0.15, 0.2) is 66.2 Å². The van der Waals surface area contributed by atoms with Gasteiger partial charge in [0.25, 0.3) is 11.6 Å². The summed E-state index contributed by atoms with van der Waals surface area (Å²) in [5.41, 5.74) is 2.32. The molecule has 0 unspecified atom stereocenters. The Morgan fingerprint density at radius 1 is 1.17 bits per heavy atom.